The lowest BCUT2D eigenvalue weighted by Gasteiger charge is -2.17. The molecule has 0 aliphatic heterocycles. The first-order valence-electron chi connectivity index (χ1n) is 5.66. The maximum atomic E-state index is 11.3. The predicted octanol–water partition coefficient (Wildman–Crippen LogP) is 2.59. The summed E-state index contributed by atoms with van der Waals surface area (Å²) in [5, 5.41) is 2.45. The Morgan fingerprint density at radius 2 is 2.00 bits per heavy atom. The number of nitrogens with zero attached hydrogens (tertiary/aromatic N) is 1. The first kappa shape index (κ1) is 13.4. The number of carbonyl (C=O) groups excluding carboxylic acids is 1. The van der Waals surface area contributed by atoms with Crippen molar-refractivity contribution in [1.29, 1.82) is 0 Å². The van der Waals surface area contributed by atoms with Crippen LogP contribution in [0.15, 0.2) is 18.2 Å². The monoisotopic (exact) mass is 236 g/mol. The van der Waals surface area contributed by atoms with E-state index >= 15 is 0 Å². The number of anilines is 1. The molecule has 0 bridgehead atoms. The van der Waals surface area contributed by atoms with Gasteiger partial charge in [-0.25, -0.2) is 4.79 Å². The van der Waals surface area contributed by atoms with Crippen LogP contribution in [-0.4, -0.2) is 27.2 Å². The first-order chi connectivity index (χ1) is 7.95. The minimum Gasteiger partial charge on any atom is -0.410 e. The second-order valence-electron chi connectivity index (χ2n) is 4.41. The molecule has 0 saturated heterocycles. The molecule has 0 fully saturated rings. The van der Waals surface area contributed by atoms with Crippen molar-refractivity contribution in [3.8, 4) is 5.75 Å². The number of rotatable bonds is 3. The summed E-state index contributed by atoms with van der Waals surface area (Å²) in [5.74, 6) is 0.927. The third kappa shape index (κ3) is 3.37. The number of ether oxygens (including phenoxy) is 1. The van der Waals surface area contributed by atoms with Gasteiger partial charge in [-0.3, -0.25) is 0 Å². The van der Waals surface area contributed by atoms with Gasteiger partial charge in [0.05, 0.1) is 0 Å². The van der Waals surface area contributed by atoms with Gasteiger partial charge in [0.2, 0.25) is 0 Å². The van der Waals surface area contributed by atoms with Crippen LogP contribution in [0.5, 0.6) is 5.75 Å². The van der Waals surface area contributed by atoms with Crippen molar-refractivity contribution < 1.29 is 9.53 Å². The van der Waals surface area contributed by atoms with Crippen molar-refractivity contribution in [3.63, 3.8) is 0 Å². The number of benzene rings is 1. The van der Waals surface area contributed by atoms with E-state index in [1.807, 2.05) is 37.2 Å². The molecular formula is C13H20N2O2. The largest absolute Gasteiger partial charge is 0.412 e. The molecule has 4 heteroatoms. The highest BCUT2D eigenvalue weighted by Gasteiger charge is 2.12. The van der Waals surface area contributed by atoms with Gasteiger partial charge in [-0.05, 0) is 17.5 Å². The molecule has 0 radical (unpaired) electrons. The third-order valence-corrected chi connectivity index (χ3v) is 2.54. The summed E-state index contributed by atoms with van der Waals surface area (Å²) in [6.45, 7) is 4.14. The second-order valence-corrected chi connectivity index (χ2v) is 4.41. The van der Waals surface area contributed by atoms with Crippen molar-refractivity contribution in [3.05, 3.63) is 23.8 Å². The molecule has 94 valence electrons. The van der Waals surface area contributed by atoms with Crippen LogP contribution in [0.25, 0.3) is 0 Å². The van der Waals surface area contributed by atoms with E-state index < -0.39 is 6.09 Å². The molecule has 4 nitrogen and oxygen atoms in total. The molecule has 0 aromatic heterocycles. The number of amides is 1. The number of nitrogens with one attached hydrogen (secondary N) is 1. The second kappa shape index (κ2) is 5.57. The zero-order valence-electron chi connectivity index (χ0n) is 11.1. The molecule has 17 heavy (non-hydrogen) atoms. The first-order valence-corrected chi connectivity index (χ1v) is 5.66. The van der Waals surface area contributed by atoms with Crippen molar-refractivity contribution in [2.45, 2.75) is 19.8 Å². The maximum Gasteiger partial charge on any atom is 0.412 e. The maximum absolute atomic E-state index is 11.3. The van der Waals surface area contributed by atoms with E-state index in [0.29, 0.717) is 11.7 Å². The van der Waals surface area contributed by atoms with Crippen molar-refractivity contribution in [1.82, 2.24) is 5.32 Å². The smallest absolute Gasteiger partial charge is 0.410 e. The van der Waals surface area contributed by atoms with E-state index in [1.165, 1.54) is 0 Å². The Morgan fingerprint density at radius 1 is 1.35 bits per heavy atom. The molecule has 1 aromatic carbocycles. The molecule has 1 N–H and O–H groups in total. The molecule has 1 aromatic rings. The Labute approximate surface area is 103 Å². The zero-order chi connectivity index (χ0) is 13.0. The van der Waals surface area contributed by atoms with Gasteiger partial charge >= 0.3 is 6.09 Å². The molecule has 0 spiro atoms. The molecule has 1 rings (SSSR count). The van der Waals surface area contributed by atoms with Crippen LogP contribution in [0.4, 0.5) is 10.5 Å². The van der Waals surface area contributed by atoms with E-state index in [1.54, 1.807) is 7.05 Å². The third-order valence-electron chi connectivity index (χ3n) is 2.54. The van der Waals surface area contributed by atoms with Crippen LogP contribution >= 0.6 is 0 Å². The molecule has 0 aliphatic carbocycles. The Balaban J connectivity index is 3.11. The number of carbonyl (C=O) groups is 1. The molecule has 0 heterocycles. The van der Waals surface area contributed by atoms with E-state index in [9.17, 15) is 4.79 Å². The highest BCUT2D eigenvalue weighted by Crippen LogP contribution is 2.30. The number of hydrogen-bond acceptors (Lipinski definition) is 3. The average molecular weight is 236 g/mol. The van der Waals surface area contributed by atoms with E-state index in [4.69, 9.17) is 4.74 Å². The normalized spacial score (nSPS) is 10.2. The average Bonchev–Trinajstić information content (AvgIpc) is 2.28. The quantitative estimate of drug-likeness (QED) is 0.877. The SMILES string of the molecule is CNC(=O)Oc1cc(N(C)C)ccc1C(C)C. The van der Waals surface area contributed by atoms with Gasteiger partial charge in [0, 0.05) is 32.9 Å². The van der Waals surface area contributed by atoms with Crippen molar-refractivity contribution >= 4 is 11.8 Å². The number of hydrogen-bond donors (Lipinski definition) is 1. The molecule has 0 saturated carbocycles. The summed E-state index contributed by atoms with van der Waals surface area (Å²) in [7, 11) is 5.45. The summed E-state index contributed by atoms with van der Waals surface area (Å²) in [5.41, 5.74) is 2.03. The van der Waals surface area contributed by atoms with E-state index in [0.717, 1.165) is 11.3 Å². The molecule has 0 unspecified atom stereocenters. The van der Waals surface area contributed by atoms with Crippen LogP contribution < -0.4 is 15.0 Å². The van der Waals surface area contributed by atoms with Gasteiger partial charge in [0.15, 0.2) is 0 Å². The molecule has 0 atom stereocenters. The highest BCUT2D eigenvalue weighted by molar-refractivity contribution is 5.71. The summed E-state index contributed by atoms with van der Waals surface area (Å²) < 4.78 is 5.27. The van der Waals surface area contributed by atoms with E-state index in [-0.39, 0.29) is 0 Å². The summed E-state index contributed by atoms with van der Waals surface area (Å²) in [4.78, 5) is 13.3. The lowest BCUT2D eigenvalue weighted by molar-refractivity contribution is 0.202. The fraction of sp³-hybridized carbons (Fsp3) is 0.462. The minimum atomic E-state index is -0.442. The minimum absolute atomic E-state index is 0.311. The highest BCUT2D eigenvalue weighted by atomic mass is 16.6. The van der Waals surface area contributed by atoms with E-state index in [2.05, 4.69) is 19.2 Å². The lowest BCUT2D eigenvalue weighted by atomic mass is 10.0. The summed E-state index contributed by atoms with van der Waals surface area (Å²) in [6, 6.07) is 5.90. The molecular weight excluding hydrogens is 216 g/mol. The molecule has 0 aliphatic rings. The van der Waals surface area contributed by atoms with Crippen LogP contribution in [-0.2, 0) is 0 Å². The van der Waals surface area contributed by atoms with Gasteiger partial charge in [0.25, 0.3) is 0 Å². The fourth-order valence-corrected chi connectivity index (χ4v) is 1.52. The van der Waals surface area contributed by atoms with Crippen molar-refractivity contribution in [2.75, 3.05) is 26.0 Å². The summed E-state index contributed by atoms with van der Waals surface area (Å²) in [6.07, 6.45) is -0.442. The van der Waals surface area contributed by atoms with Crippen LogP contribution in [0.3, 0.4) is 0 Å². The van der Waals surface area contributed by atoms with Crippen molar-refractivity contribution in [2.24, 2.45) is 0 Å². The lowest BCUT2D eigenvalue weighted by Crippen LogP contribution is -2.23. The Morgan fingerprint density at radius 3 is 2.47 bits per heavy atom. The Bertz CT molecular complexity index is 400. The van der Waals surface area contributed by atoms with Gasteiger partial charge in [-0.2, -0.15) is 0 Å². The van der Waals surface area contributed by atoms with Crippen LogP contribution in [0.1, 0.15) is 25.3 Å². The van der Waals surface area contributed by atoms with Crippen LogP contribution in [0, 0.1) is 0 Å². The molecule has 1 amide bonds. The Kier molecular flexibility index (Phi) is 4.37. The van der Waals surface area contributed by atoms with Gasteiger partial charge in [-0.15, -0.1) is 0 Å². The Hall–Kier alpha value is -1.71. The standard InChI is InChI=1S/C13H20N2O2/c1-9(2)11-7-6-10(15(4)5)8-12(11)17-13(16)14-3/h6-9H,1-5H3,(H,14,16). The summed E-state index contributed by atoms with van der Waals surface area (Å²) >= 11 is 0. The zero-order valence-corrected chi connectivity index (χ0v) is 11.1. The topological polar surface area (TPSA) is 41.6 Å². The van der Waals surface area contributed by atoms with Gasteiger partial charge in [0.1, 0.15) is 5.75 Å². The fourth-order valence-electron chi connectivity index (χ4n) is 1.52. The van der Waals surface area contributed by atoms with Crippen LogP contribution in [0.2, 0.25) is 0 Å². The van der Waals surface area contributed by atoms with Gasteiger partial charge < -0.3 is 15.0 Å². The van der Waals surface area contributed by atoms with Gasteiger partial charge in [-0.1, -0.05) is 19.9 Å². The predicted molar refractivity (Wildman–Crippen MR) is 69.9 cm³/mol.